The highest BCUT2D eigenvalue weighted by Gasteiger charge is 2.21. The fourth-order valence-corrected chi connectivity index (χ4v) is 3.21. The number of benzene rings is 1. The van der Waals surface area contributed by atoms with Gasteiger partial charge in [0.25, 0.3) is 5.22 Å². The molecule has 0 aliphatic rings. The molecule has 0 aliphatic heterocycles. The van der Waals surface area contributed by atoms with Crippen LogP contribution in [0.2, 0.25) is 0 Å². The third-order valence-electron chi connectivity index (χ3n) is 3.25. The second kappa shape index (κ2) is 7.52. The first-order valence-corrected chi connectivity index (χ1v) is 7.98. The second-order valence-corrected chi connectivity index (χ2v) is 6.21. The van der Waals surface area contributed by atoms with Gasteiger partial charge >= 0.3 is 0 Å². The van der Waals surface area contributed by atoms with Gasteiger partial charge < -0.3 is 14.5 Å². The van der Waals surface area contributed by atoms with E-state index in [9.17, 15) is 0 Å². The number of ether oxygens (including phenoxy) is 1. The van der Waals surface area contributed by atoms with Crippen molar-refractivity contribution in [2.75, 3.05) is 13.7 Å². The number of nitrogens with zero attached hydrogens (tertiary/aromatic N) is 1. The molecule has 114 valence electrons. The number of methoxy groups -OCH3 is 1. The van der Waals surface area contributed by atoms with Gasteiger partial charge in [-0.15, -0.1) is 0 Å². The Balaban J connectivity index is 2.12. The summed E-state index contributed by atoms with van der Waals surface area (Å²) in [5.74, 6) is 0.873. The van der Waals surface area contributed by atoms with Gasteiger partial charge in [-0.25, -0.2) is 4.98 Å². The van der Waals surface area contributed by atoms with Crippen LogP contribution >= 0.6 is 11.8 Å². The maximum atomic E-state index is 5.44. The van der Waals surface area contributed by atoms with Gasteiger partial charge in [-0.05, 0) is 31.2 Å². The highest BCUT2D eigenvalue weighted by molar-refractivity contribution is 7.99. The van der Waals surface area contributed by atoms with Gasteiger partial charge in [0, 0.05) is 11.3 Å². The Morgan fingerprint density at radius 1 is 1.33 bits per heavy atom. The number of thioether (sulfide) groups is 1. The molecule has 0 saturated heterocycles. The molecule has 21 heavy (non-hydrogen) atoms. The monoisotopic (exact) mass is 306 g/mol. The quantitative estimate of drug-likeness (QED) is 0.788. The van der Waals surface area contributed by atoms with Crippen LogP contribution in [0.25, 0.3) is 0 Å². The molecule has 0 amide bonds. The van der Waals surface area contributed by atoms with E-state index in [1.54, 1.807) is 25.1 Å². The molecule has 0 spiro atoms. The summed E-state index contributed by atoms with van der Waals surface area (Å²) in [6.45, 7) is 7.14. The number of aryl methyl sites for hydroxylation is 1. The molecule has 0 aliphatic carbocycles. The first-order valence-electron chi connectivity index (χ1n) is 7.10. The van der Waals surface area contributed by atoms with Crippen molar-refractivity contribution in [1.29, 1.82) is 0 Å². The molecular formula is C16H22N2O2S. The van der Waals surface area contributed by atoms with Gasteiger partial charge in [0.1, 0.15) is 12.0 Å². The zero-order chi connectivity index (χ0) is 15.2. The van der Waals surface area contributed by atoms with Crippen molar-refractivity contribution in [1.82, 2.24) is 10.3 Å². The van der Waals surface area contributed by atoms with Gasteiger partial charge in [-0.2, -0.15) is 0 Å². The lowest BCUT2D eigenvalue weighted by Gasteiger charge is -2.24. The van der Waals surface area contributed by atoms with Crippen LogP contribution in [-0.4, -0.2) is 23.9 Å². The van der Waals surface area contributed by atoms with E-state index < -0.39 is 0 Å². The summed E-state index contributed by atoms with van der Waals surface area (Å²) in [6.07, 6.45) is 1.69. The van der Waals surface area contributed by atoms with E-state index in [1.165, 1.54) is 5.56 Å². The van der Waals surface area contributed by atoms with Crippen LogP contribution in [-0.2, 0) is 0 Å². The number of aromatic nitrogens is 1. The zero-order valence-corrected chi connectivity index (χ0v) is 13.7. The van der Waals surface area contributed by atoms with Gasteiger partial charge in [0.05, 0.1) is 12.8 Å². The van der Waals surface area contributed by atoms with E-state index in [4.69, 9.17) is 9.15 Å². The molecule has 1 N–H and O–H groups in total. The lowest BCUT2D eigenvalue weighted by Crippen LogP contribution is -2.28. The predicted molar refractivity (Wildman–Crippen MR) is 86.0 cm³/mol. The van der Waals surface area contributed by atoms with E-state index >= 15 is 0 Å². The summed E-state index contributed by atoms with van der Waals surface area (Å²) < 4.78 is 10.7. The Kier molecular flexibility index (Phi) is 5.70. The Labute approximate surface area is 130 Å². The summed E-state index contributed by atoms with van der Waals surface area (Å²) in [7, 11) is 1.68. The van der Waals surface area contributed by atoms with E-state index in [-0.39, 0.29) is 6.04 Å². The molecular weight excluding hydrogens is 284 g/mol. The van der Waals surface area contributed by atoms with Crippen LogP contribution in [0.1, 0.15) is 31.1 Å². The maximum absolute atomic E-state index is 5.44. The van der Waals surface area contributed by atoms with E-state index in [0.29, 0.717) is 5.25 Å². The van der Waals surface area contributed by atoms with Crippen molar-refractivity contribution in [3.8, 4) is 5.75 Å². The Morgan fingerprint density at radius 3 is 2.57 bits per heavy atom. The smallest absolute Gasteiger partial charge is 0.256 e. The Bertz CT molecular complexity index is 554. The van der Waals surface area contributed by atoms with Crippen LogP contribution in [0.5, 0.6) is 5.75 Å². The van der Waals surface area contributed by atoms with Gasteiger partial charge in [-0.1, -0.05) is 37.7 Å². The summed E-state index contributed by atoms with van der Waals surface area (Å²) in [4.78, 5) is 4.36. The standard InChI is InChI=1S/C16H22N2O2S/c1-5-17-15(13-6-8-14(19-4)9-7-13)12(3)21-16-18-11(2)10-20-16/h6-10,12,15,17H,5H2,1-4H3. The van der Waals surface area contributed by atoms with Crippen molar-refractivity contribution in [3.63, 3.8) is 0 Å². The van der Waals surface area contributed by atoms with Gasteiger partial charge in [0.15, 0.2) is 0 Å². The second-order valence-electron chi connectivity index (χ2n) is 4.89. The topological polar surface area (TPSA) is 47.3 Å². The third-order valence-corrected chi connectivity index (χ3v) is 4.29. The molecule has 1 heterocycles. The number of hydrogen-bond donors (Lipinski definition) is 1. The minimum absolute atomic E-state index is 0.234. The van der Waals surface area contributed by atoms with Crippen LogP contribution in [0, 0.1) is 6.92 Å². The van der Waals surface area contributed by atoms with E-state index in [2.05, 4.69) is 36.3 Å². The summed E-state index contributed by atoms with van der Waals surface area (Å²) in [5.41, 5.74) is 2.15. The normalized spacial score (nSPS) is 13.9. The lowest BCUT2D eigenvalue weighted by molar-refractivity contribution is 0.414. The van der Waals surface area contributed by atoms with Crippen molar-refractivity contribution in [3.05, 3.63) is 41.8 Å². The third kappa shape index (κ3) is 4.25. The molecule has 1 aromatic heterocycles. The predicted octanol–water partition coefficient (Wildman–Crippen LogP) is 3.82. The van der Waals surface area contributed by atoms with Crippen molar-refractivity contribution >= 4 is 11.8 Å². The summed E-state index contributed by atoms with van der Waals surface area (Å²) in [6, 6.07) is 8.42. The van der Waals surface area contributed by atoms with Crippen molar-refractivity contribution in [2.24, 2.45) is 0 Å². The minimum Gasteiger partial charge on any atom is -0.497 e. The molecule has 0 radical (unpaired) electrons. The molecule has 4 nitrogen and oxygen atoms in total. The molecule has 2 atom stereocenters. The largest absolute Gasteiger partial charge is 0.497 e. The highest BCUT2D eigenvalue weighted by atomic mass is 32.2. The lowest BCUT2D eigenvalue weighted by atomic mass is 10.0. The number of hydrogen-bond acceptors (Lipinski definition) is 5. The highest BCUT2D eigenvalue weighted by Crippen LogP contribution is 2.32. The van der Waals surface area contributed by atoms with E-state index in [1.807, 2.05) is 19.1 Å². The molecule has 2 unspecified atom stereocenters. The SMILES string of the molecule is CCNC(c1ccc(OC)cc1)C(C)Sc1nc(C)co1. The van der Waals surface area contributed by atoms with Crippen LogP contribution in [0.3, 0.4) is 0 Å². The minimum atomic E-state index is 0.234. The number of nitrogens with one attached hydrogen (secondary N) is 1. The average Bonchev–Trinajstić information content (AvgIpc) is 2.90. The number of rotatable bonds is 7. The van der Waals surface area contributed by atoms with Gasteiger partial charge in [-0.3, -0.25) is 0 Å². The summed E-state index contributed by atoms with van der Waals surface area (Å²) >= 11 is 1.65. The van der Waals surface area contributed by atoms with E-state index in [0.717, 1.165) is 23.2 Å². The average molecular weight is 306 g/mol. The number of oxazole rings is 1. The fraction of sp³-hybridized carbons (Fsp3) is 0.438. The zero-order valence-electron chi connectivity index (χ0n) is 12.9. The van der Waals surface area contributed by atoms with Crippen molar-refractivity contribution in [2.45, 2.75) is 37.3 Å². The molecule has 0 bridgehead atoms. The van der Waals surface area contributed by atoms with Crippen LogP contribution < -0.4 is 10.1 Å². The fourth-order valence-electron chi connectivity index (χ4n) is 2.20. The first kappa shape index (κ1) is 15.9. The first-order chi connectivity index (χ1) is 10.1. The Morgan fingerprint density at radius 2 is 2.05 bits per heavy atom. The van der Waals surface area contributed by atoms with Crippen LogP contribution in [0.15, 0.2) is 40.2 Å². The molecule has 0 fully saturated rings. The Hall–Kier alpha value is -1.46. The molecule has 2 rings (SSSR count). The van der Waals surface area contributed by atoms with Gasteiger partial charge in [0.2, 0.25) is 0 Å². The van der Waals surface area contributed by atoms with Crippen molar-refractivity contribution < 1.29 is 9.15 Å². The maximum Gasteiger partial charge on any atom is 0.256 e. The molecule has 5 heteroatoms. The molecule has 2 aromatic rings. The van der Waals surface area contributed by atoms with Crippen LogP contribution in [0.4, 0.5) is 0 Å². The molecule has 0 saturated carbocycles. The molecule has 1 aromatic carbocycles. The summed E-state index contributed by atoms with van der Waals surface area (Å²) in [5, 5.41) is 4.55.